The average molecular weight is 230 g/mol. The lowest BCUT2D eigenvalue weighted by atomic mass is 10.1. The minimum Gasteiger partial charge on any atom is -0.506 e. The third-order valence-corrected chi connectivity index (χ3v) is 2.50. The zero-order valence-electron chi connectivity index (χ0n) is 8.34. The number of aromatic hydroxyl groups is 1. The van der Waals surface area contributed by atoms with Crippen molar-refractivity contribution in [2.75, 3.05) is 20.3 Å². The van der Waals surface area contributed by atoms with Gasteiger partial charge in [0.05, 0.1) is 10.6 Å². The smallest absolute Gasteiger partial charge is 0.169 e. The van der Waals surface area contributed by atoms with Crippen molar-refractivity contribution < 1.29 is 14.6 Å². The molecule has 0 saturated heterocycles. The van der Waals surface area contributed by atoms with Gasteiger partial charge in [0, 0.05) is 12.6 Å². The van der Waals surface area contributed by atoms with Crippen LogP contribution in [-0.2, 0) is 6.54 Å². The monoisotopic (exact) mass is 229 g/mol. The van der Waals surface area contributed by atoms with E-state index in [1.54, 1.807) is 13.1 Å². The molecule has 0 fully saturated rings. The molecule has 4 nitrogen and oxygen atoms in total. The first-order chi connectivity index (χ1) is 7.24. The number of halogens is 1. The number of hydrogen-bond acceptors (Lipinski definition) is 4. The zero-order chi connectivity index (χ0) is 10.8. The number of ether oxygens (including phenoxy) is 2. The summed E-state index contributed by atoms with van der Waals surface area (Å²) in [5, 5.41) is 13.0. The second-order valence-corrected chi connectivity index (χ2v) is 3.65. The molecule has 0 aliphatic carbocycles. The number of benzene rings is 1. The van der Waals surface area contributed by atoms with Crippen molar-refractivity contribution in [1.29, 1.82) is 0 Å². The number of nitrogens with one attached hydrogen (secondary N) is 1. The summed E-state index contributed by atoms with van der Waals surface area (Å²) in [5.74, 6) is 1.22. The van der Waals surface area contributed by atoms with Crippen LogP contribution in [-0.4, -0.2) is 25.4 Å². The first-order valence-corrected chi connectivity index (χ1v) is 5.06. The first kappa shape index (κ1) is 10.4. The highest BCUT2D eigenvalue weighted by atomic mass is 35.5. The molecule has 2 N–H and O–H groups in total. The normalized spacial score (nSPS) is 14.0. The van der Waals surface area contributed by atoms with Gasteiger partial charge >= 0.3 is 0 Å². The fourth-order valence-electron chi connectivity index (χ4n) is 1.55. The molecule has 0 unspecified atom stereocenters. The molecule has 0 bridgehead atoms. The number of phenols is 1. The molecular formula is C10H12ClNO3. The Hall–Kier alpha value is -1.13. The molecule has 5 heteroatoms. The second kappa shape index (κ2) is 4.16. The van der Waals surface area contributed by atoms with E-state index in [1.165, 1.54) is 0 Å². The summed E-state index contributed by atoms with van der Waals surface area (Å²) in [6.07, 6.45) is 0. The van der Waals surface area contributed by atoms with Crippen molar-refractivity contribution >= 4 is 11.6 Å². The molecule has 1 heterocycles. The Morgan fingerprint density at radius 1 is 1.47 bits per heavy atom. The minimum absolute atomic E-state index is 0.0512. The standard InChI is InChI=1S/C10H12ClNO3/c1-12-5-6-9(13)7(11)4-8-10(6)15-3-2-14-8/h4,12-13H,2-3,5H2,1H3. The Morgan fingerprint density at radius 3 is 2.93 bits per heavy atom. The lowest BCUT2D eigenvalue weighted by molar-refractivity contribution is 0.169. The molecule has 0 saturated carbocycles. The van der Waals surface area contributed by atoms with Crippen molar-refractivity contribution in [3.8, 4) is 17.2 Å². The average Bonchev–Trinajstić information content (AvgIpc) is 2.25. The number of fused-ring (bicyclic) bond motifs is 1. The molecule has 1 aliphatic heterocycles. The predicted molar refractivity (Wildman–Crippen MR) is 56.9 cm³/mol. The fourth-order valence-corrected chi connectivity index (χ4v) is 1.76. The van der Waals surface area contributed by atoms with E-state index in [0.717, 1.165) is 0 Å². The van der Waals surface area contributed by atoms with Gasteiger partial charge in [-0.25, -0.2) is 0 Å². The summed E-state index contributed by atoms with van der Waals surface area (Å²) in [6, 6.07) is 1.57. The van der Waals surface area contributed by atoms with E-state index in [9.17, 15) is 5.11 Å². The molecule has 15 heavy (non-hydrogen) atoms. The third kappa shape index (κ3) is 1.82. The molecule has 1 aromatic rings. The Labute approximate surface area is 92.8 Å². The molecule has 1 aromatic carbocycles. The van der Waals surface area contributed by atoms with E-state index in [1.807, 2.05) is 0 Å². The maximum atomic E-state index is 9.78. The van der Waals surface area contributed by atoms with Crippen LogP contribution in [0, 0.1) is 0 Å². The molecule has 0 aromatic heterocycles. The van der Waals surface area contributed by atoms with Gasteiger partial charge in [-0.3, -0.25) is 0 Å². The largest absolute Gasteiger partial charge is 0.506 e. The molecule has 0 atom stereocenters. The van der Waals surface area contributed by atoms with Crippen LogP contribution in [0.15, 0.2) is 6.07 Å². The maximum absolute atomic E-state index is 9.78. The van der Waals surface area contributed by atoms with Crippen LogP contribution in [0.2, 0.25) is 5.02 Å². The van der Waals surface area contributed by atoms with Crippen molar-refractivity contribution in [2.45, 2.75) is 6.54 Å². The molecule has 2 rings (SSSR count). The summed E-state index contributed by atoms with van der Waals surface area (Å²) >= 11 is 5.87. The van der Waals surface area contributed by atoms with E-state index >= 15 is 0 Å². The highest BCUT2D eigenvalue weighted by Crippen LogP contribution is 2.43. The molecule has 0 amide bonds. The lowest BCUT2D eigenvalue weighted by Gasteiger charge is -2.22. The zero-order valence-corrected chi connectivity index (χ0v) is 9.10. The highest BCUT2D eigenvalue weighted by Gasteiger charge is 2.21. The molecule has 82 valence electrons. The Morgan fingerprint density at radius 2 is 2.20 bits per heavy atom. The Bertz CT molecular complexity index is 381. The van der Waals surface area contributed by atoms with Crippen LogP contribution in [0.3, 0.4) is 0 Å². The van der Waals surface area contributed by atoms with Crippen LogP contribution >= 0.6 is 11.6 Å². The van der Waals surface area contributed by atoms with Gasteiger partial charge in [0.15, 0.2) is 11.5 Å². The Kier molecular flexibility index (Phi) is 2.88. The van der Waals surface area contributed by atoms with E-state index < -0.39 is 0 Å². The van der Waals surface area contributed by atoms with E-state index in [4.69, 9.17) is 21.1 Å². The van der Waals surface area contributed by atoms with Crippen LogP contribution < -0.4 is 14.8 Å². The summed E-state index contributed by atoms with van der Waals surface area (Å²) in [6.45, 7) is 1.48. The van der Waals surface area contributed by atoms with E-state index in [2.05, 4.69) is 5.32 Å². The topological polar surface area (TPSA) is 50.7 Å². The van der Waals surface area contributed by atoms with Crippen LogP contribution in [0.5, 0.6) is 17.2 Å². The molecule has 0 spiro atoms. The number of rotatable bonds is 2. The van der Waals surface area contributed by atoms with Crippen LogP contribution in [0.4, 0.5) is 0 Å². The van der Waals surface area contributed by atoms with Gasteiger partial charge in [-0.15, -0.1) is 0 Å². The Balaban J connectivity index is 2.52. The van der Waals surface area contributed by atoms with Crippen molar-refractivity contribution in [2.24, 2.45) is 0 Å². The quantitative estimate of drug-likeness (QED) is 0.808. The van der Waals surface area contributed by atoms with Gasteiger partial charge in [-0.2, -0.15) is 0 Å². The SMILES string of the molecule is CNCc1c(O)c(Cl)cc2c1OCCO2. The fraction of sp³-hybridized carbons (Fsp3) is 0.400. The minimum atomic E-state index is 0.0512. The van der Waals surface area contributed by atoms with Crippen LogP contribution in [0.25, 0.3) is 0 Å². The predicted octanol–water partition coefficient (Wildman–Crippen LogP) is 1.54. The molecular weight excluding hydrogens is 218 g/mol. The van der Waals surface area contributed by atoms with Gasteiger partial charge in [-0.1, -0.05) is 11.6 Å². The summed E-state index contributed by atoms with van der Waals surface area (Å²) in [4.78, 5) is 0. The van der Waals surface area contributed by atoms with Crippen molar-refractivity contribution in [3.05, 3.63) is 16.7 Å². The molecule has 1 aliphatic rings. The van der Waals surface area contributed by atoms with Crippen LogP contribution in [0.1, 0.15) is 5.56 Å². The van der Waals surface area contributed by atoms with Gasteiger partial charge < -0.3 is 19.9 Å². The maximum Gasteiger partial charge on any atom is 0.169 e. The van der Waals surface area contributed by atoms with Crippen molar-refractivity contribution in [1.82, 2.24) is 5.32 Å². The first-order valence-electron chi connectivity index (χ1n) is 4.68. The van der Waals surface area contributed by atoms with E-state index in [-0.39, 0.29) is 10.8 Å². The number of hydrogen-bond donors (Lipinski definition) is 2. The van der Waals surface area contributed by atoms with E-state index in [0.29, 0.717) is 36.8 Å². The van der Waals surface area contributed by atoms with Gasteiger partial charge in [0.2, 0.25) is 0 Å². The second-order valence-electron chi connectivity index (χ2n) is 3.24. The van der Waals surface area contributed by atoms with Crippen molar-refractivity contribution in [3.63, 3.8) is 0 Å². The van der Waals surface area contributed by atoms with Gasteiger partial charge in [0.25, 0.3) is 0 Å². The van der Waals surface area contributed by atoms with Gasteiger partial charge in [-0.05, 0) is 7.05 Å². The lowest BCUT2D eigenvalue weighted by Crippen LogP contribution is -2.18. The number of phenolic OH excluding ortho intramolecular Hbond substituents is 1. The molecule has 0 radical (unpaired) electrons. The summed E-state index contributed by atoms with van der Waals surface area (Å²) in [5.41, 5.74) is 0.639. The summed E-state index contributed by atoms with van der Waals surface area (Å²) in [7, 11) is 1.79. The third-order valence-electron chi connectivity index (χ3n) is 2.21. The summed E-state index contributed by atoms with van der Waals surface area (Å²) < 4.78 is 10.9. The van der Waals surface area contributed by atoms with Gasteiger partial charge in [0.1, 0.15) is 19.0 Å². The highest BCUT2D eigenvalue weighted by molar-refractivity contribution is 6.32.